The molecule has 1 aliphatic carbocycles. The maximum atomic E-state index is 6.04. The van der Waals surface area contributed by atoms with Crippen LogP contribution in [-0.4, -0.2) is 6.54 Å². The van der Waals surface area contributed by atoms with Crippen LogP contribution in [-0.2, 0) is 0 Å². The molecular weight excluding hydrogens is 401 g/mol. The molecule has 1 saturated carbocycles. The summed E-state index contributed by atoms with van der Waals surface area (Å²) < 4.78 is 1.22. The zero-order chi connectivity index (χ0) is 14.1. The number of nitrogens with one attached hydrogen (secondary N) is 1. The molecule has 106 valence electrons. The lowest BCUT2D eigenvalue weighted by Crippen LogP contribution is -2.21. The molecule has 3 rings (SSSR count). The van der Waals surface area contributed by atoms with Crippen molar-refractivity contribution in [2.24, 2.45) is 5.92 Å². The molecule has 2 aromatic rings. The van der Waals surface area contributed by atoms with E-state index in [4.69, 9.17) is 11.6 Å². The van der Waals surface area contributed by atoms with Gasteiger partial charge in [-0.1, -0.05) is 24.6 Å². The quantitative estimate of drug-likeness (QED) is 0.612. The Morgan fingerprint density at radius 1 is 1.35 bits per heavy atom. The van der Waals surface area contributed by atoms with Gasteiger partial charge in [0.15, 0.2) is 0 Å². The Hall–Kier alpha value is -0.100. The van der Waals surface area contributed by atoms with Crippen LogP contribution in [0.5, 0.6) is 0 Å². The first kappa shape index (κ1) is 14.8. The summed E-state index contributed by atoms with van der Waals surface area (Å²) in [4.78, 5) is 2.81. The largest absolute Gasteiger partial charge is 0.309 e. The van der Waals surface area contributed by atoms with Gasteiger partial charge in [-0.25, -0.2) is 0 Å². The summed E-state index contributed by atoms with van der Waals surface area (Å²) in [5.74, 6) is 0.839. The van der Waals surface area contributed by atoms with Crippen LogP contribution in [0.15, 0.2) is 30.3 Å². The molecule has 0 saturated heterocycles. The number of rotatable bonds is 5. The van der Waals surface area contributed by atoms with E-state index in [1.807, 2.05) is 23.5 Å². The molecule has 1 aromatic heterocycles. The fourth-order valence-electron chi connectivity index (χ4n) is 2.50. The van der Waals surface area contributed by atoms with Crippen LogP contribution in [0.2, 0.25) is 5.02 Å². The van der Waals surface area contributed by atoms with Gasteiger partial charge in [0.25, 0.3) is 0 Å². The van der Waals surface area contributed by atoms with E-state index in [-0.39, 0.29) is 0 Å². The summed E-state index contributed by atoms with van der Waals surface area (Å²) in [7, 11) is 0. The highest BCUT2D eigenvalue weighted by atomic mass is 127. The fraction of sp³-hybridized carbons (Fsp3) is 0.375. The van der Waals surface area contributed by atoms with Gasteiger partial charge in [0.05, 0.1) is 0 Å². The highest BCUT2D eigenvalue weighted by molar-refractivity contribution is 14.1. The third-order valence-electron chi connectivity index (χ3n) is 3.65. The second-order valence-electron chi connectivity index (χ2n) is 5.20. The van der Waals surface area contributed by atoms with Gasteiger partial charge in [-0.05, 0) is 72.2 Å². The number of hydrogen-bond acceptors (Lipinski definition) is 2. The number of halogens is 2. The molecule has 1 atom stereocenters. The second kappa shape index (κ2) is 6.34. The highest BCUT2D eigenvalue weighted by Gasteiger charge is 2.32. The van der Waals surface area contributed by atoms with Crippen LogP contribution < -0.4 is 5.32 Å². The van der Waals surface area contributed by atoms with Crippen LogP contribution in [0, 0.1) is 9.49 Å². The molecule has 1 nitrogen and oxygen atoms in total. The van der Waals surface area contributed by atoms with Gasteiger partial charge in [-0.3, -0.25) is 0 Å². The van der Waals surface area contributed by atoms with Crippen molar-refractivity contribution in [3.05, 3.63) is 43.8 Å². The van der Waals surface area contributed by atoms with Crippen molar-refractivity contribution in [1.29, 1.82) is 0 Å². The summed E-state index contributed by atoms with van der Waals surface area (Å²) >= 11 is 10.3. The van der Waals surface area contributed by atoms with Gasteiger partial charge in [-0.15, -0.1) is 11.3 Å². The smallest absolute Gasteiger partial charge is 0.0443 e. The standard InChI is InChI=1S/C16H17ClINS/c1-2-19-16(10-3-4-10)15-8-7-14(20-15)12-6-5-11(17)9-13(12)18/h5-10,16,19H,2-4H2,1H3. The minimum absolute atomic E-state index is 0.545. The van der Waals surface area contributed by atoms with Crippen molar-refractivity contribution in [3.8, 4) is 10.4 Å². The zero-order valence-electron chi connectivity index (χ0n) is 11.3. The maximum Gasteiger partial charge on any atom is 0.0443 e. The van der Waals surface area contributed by atoms with E-state index in [1.54, 1.807) is 0 Å². The first-order valence-electron chi connectivity index (χ1n) is 6.97. The molecule has 1 N–H and O–H groups in total. The SMILES string of the molecule is CCNC(c1ccc(-c2ccc(Cl)cc2I)s1)C1CC1. The Morgan fingerprint density at radius 2 is 2.15 bits per heavy atom. The summed E-state index contributed by atoms with van der Waals surface area (Å²) in [5.41, 5.74) is 1.29. The third kappa shape index (κ3) is 3.21. The van der Waals surface area contributed by atoms with Crippen LogP contribution in [0.3, 0.4) is 0 Å². The van der Waals surface area contributed by atoms with Gasteiger partial charge in [-0.2, -0.15) is 0 Å². The third-order valence-corrected chi connectivity index (χ3v) is 5.98. The average molecular weight is 418 g/mol. The lowest BCUT2D eigenvalue weighted by Gasteiger charge is -2.15. The van der Waals surface area contributed by atoms with Gasteiger partial charge in [0.2, 0.25) is 0 Å². The van der Waals surface area contributed by atoms with Crippen molar-refractivity contribution in [3.63, 3.8) is 0 Å². The van der Waals surface area contributed by atoms with E-state index in [9.17, 15) is 0 Å². The Morgan fingerprint density at radius 3 is 2.80 bits per heavy atom. The summed E-state index contributed by atoms with van der Waals surface area (Å²) in [6.07, 6.45) is 2.73. The average Bonchev–Trinajstić information content (AvgIpc) is 3.14. The lowest BCUT2D eigenvalue weighted by molar-refractivity contribution is 0.504. The number of benzene rings is 1. The predicted molar refractivity (Wildman–Crippen MR) is 96.6 cm³/mol. The molecule has 0 bridgehead atoms. The van der Waals surface area contributed by atoms with Crippen LogP contribution in [0.25, 0.3) is 10.4 Å². The van der Waals surface area contributed by atoms with E-state index in [0.717, 1.165) is 17.5 Å². The van der Waals surface area contributed by atoms with Gasteiger partial charge in [0, 0.05) is 30.0 Å². The van der Waals surface area contributed by atoms with Crippen molar-refractivity contribution in [2.75, 3.05) is 6.54 Å². The first-order valence-corrected chi connectivity index (χ1v) is 9.25. The van der Waals surface area contributed by atoms with E-state index < -0.39 is 0 Å². The Balaban J connectivity index is 1.89. The monoisotopic (exact) mass is 417 g/mol. The molecule has 0 amide bonds. The molecule has 0 spiro atoms. The summed E-state index contributed by atoms with van der Waals surface area (Å²) in [6, 6.07) is 11.2. The lowest BCUT2D eigenvalue weighted by atomic mass is 10.1. The maximum absolute atomic E-state index is 6.04. The molecule has 20 heavy (non-hydrogen) atoms. The summed E-state index contributed by atoms with van der Waals surface area (Å²) in [5, 5.41) is 4.44. The van der Waals surface area contributed by atoms with Crippen LogP contribution in [0.4, 0.5) is 0 Å². The Kier molecular flexibility index (Phi) is 4.70. The van der Waals surface area contributed by atoms with Crippen LogP contribution >= 0.6 is 45.5 Å². The molecule has 0 aliphatic heterocycles. The second-order valence-corrected chi connectivity index (χ2v) is 7.91. The topological polar surface area (TPSA) is 12.0 Å². The minimum Gasteiger partial charge on any atom is -0.309 e. The molecule has 1 fully saturated rings. The number of thiophene rings is 1. The summed E-state index contributed by atoms with van der Waals surface area (Å²) in [6.45, 7) is 3.22. The molecule has 1 unspecified atom stereocenters. The van der Waals surface area contributed by atoms with Gasteiger partial charge in [0.1, 0.15) is 0 Å². The first-order chi connectivity index (χ1) is 9.69. The molecule has 4 heteroatoms. The Labute approximate surface area is 142 Å². The molecule has 0 radical (unpaired) electrons. The zero-order valence-corrected chi connectivity index (χ0v) is 15.1. The van der Waals surface area contributed by atoms with Crippen molar-refractivity contribution >= 4 is 45.5 Å². The van der Waals surface area contributed by atoms with Crippen molar-refractivity contribution in [2.45, 2.75) is 25.8 Å². The van der Waals surface area contributed by atoms with E-state index in [2.05, 4.69) is 53.0 Å². The van der Waals surface area contributed by atoms with E-state index >= 15 is 0 Å². The molecule has 1 aromatic carbocycles. The normalized spacial score (nSPS) is 16.4. The molecular formula is C16H17ClINS. The molecule has 1 heterocycles. The highest BCUT2D eigenvalue weighted by Crippen LogP contribution is 2.44. The number of hydrogen-bond donors (Lipinski definition) is 1. The van der Waals surface area contributed by atoms with Crippen LogP contribution in [0.1, 0.15) is 30.7 Å². The predicted octanol–water partition coefficient (Wildman–Crippen LogP) is 5.73. The van der Waals surface area contributed by atoms with Gasteiger partial charge >= 0.3 is 0 Å². The van der Waals surface area contributed by atoms with Crippen molar-refractivity contribution < 1.29 is 0 Å². The Bertz CT molecular complexity index is 606. The van der Waals surface area contributed by atoms with E-state index in [0.29, 0.717) is 6.04 Å². The molecule has 1 aliphatic rings. The fourth-order valence-corrected chi connectivity index (χ4v) is 5.06. The van der Waals surface area contributed by atoms with Crippen molar-refractivity contribution in [1.82, 2.24) is 5.32 Å². The van der Waals surface area contributed by atoms with E-state index in [1.165, 1.54) is 31.7 Å². The minimum atomic E-state index is 0.545. The van der Waals surface area contributed by atoms with Gasteiger partial charge < -0.3 is 5.32 Å².